The van der Waals surface area contributed by atoms with Crippen molar-refractivity contribution in [1.82, 2.24) is 14.5 Å². The molecule has 158 valence electrons. The number of amides is 2. The van der Waals surface area contributed by atoms with Crippen LogP contribution in [-0.4, -0.2) is 42.6 Å². The van der Waals surface area contributed by atoms with E-state index in [1.807, 2.05) is 13.8 Å². The van der Waals surface area contributed by atoms with Crippen LogP contribution >= 0.6 is 11.5 Å². The van der Waals surface area contributed by atoms with Gasteiger partial charge in [-0.3, -0.25) is 9.53 Å². The van der Waals surface area contributed by atoms with Gasteiger partial charge in [0.1, 0.15) is 5.00 Å². The highest BCUT2D eigenvalue weighted by molar-refractivity contribution is 7.86. The zero-order valence-electron chi connectivity index (χ0n) is 15.9. The molecule has 1 atom stereocenters. The molecule has 2 heterocycles. The average Bonchev–Trinajstić information content (AvgIpc) is 3.20. The zero-order valence-corrected chi connectivity index (χ0v) is 17.5. The Balaban J connectivity index is 1.61. The van der Waals surface area contributed by atoms with Gasteiger partial charge in [-0.25, -0.2) is 4.79 Å². The number of rotatable bonds is 4. The van der Waals surface area contributed by atoms with E-state index in [2.05, 4.69) is 14.9 Å². The first-order valence-corrected chi connectivity index (χ1v) is 10.9. The minimum atomic E-state index is -4.42. The molecule has 11 heteroatoms. The molecule has 1 aliphatic heterocycles. The van der Waals surface area contributed by atoms with Crippen molar-refractivity contribution >= 4 is 33.4 Å². The third kappa shape index (κ3) is 4.95. The fourth-order valence-corrected chi connectivity index (χ4v) is 5.35. The van der Waals surface area contributed by atoms with E-state index in [-0.39, 0.29) is 11.9 Å². The van der Waals surface area contributed by atoms with Crippen molar-refractivity contribution in [1.29, 1.82) is 0 Å². The monoisotopic (exact) mass is 446 g/mol. The first-order valence-electron chi connectivity index (χ1n) is 9.01. The maximum absolute atomic E-state index is 13.1. The fraction of sp³-hybridized carbons (Fsp3) is 0.500. The predicted octanol–water partition coefficient (Wildman–Crippen LogP) is 4.39. The number of hydrogen-bond donors (Lipinski definition) is 1. The number of likely N-dealkylation sites (tertiary alicyclic amines) is 1. The van der Waals surface area contributed by atoms with E-state index in [0.717, 1.165) is 23.7 Å². The Morgan fingerprint density at radius 2 is 1.83 bits per heavy atom. The lowest BCUT2D eigenvalue weighted by molar-refractivity contribution is -0.137. The number of alkyl halides is 3. The largest absolute Gasteiger partial charge is 0.416 e. The molecule has 1 unspecified atom stereocenters. The third-order valence-corrected chi connectivity index (χ3v) is 7.80. The summed E-state index contributed by atoms with van der Waals surface area (Å²) < 4.78 is 54.4. The van der Waals surface area contributed by atoms with Crippen LogP contribution in [-0.2, 0) is 17.0 Å². The van der Waals surface area contributed by atoms with Gasteiger partial charge in [-0.2, -0.15) is 13.2 Å². The van der Waals surface area contributed by atoms with E-state index in [0.29, 0.717) is 35.8 Å². The third-order valence-electron chi connectivity index (χ3n) is 5.23. The number of carbonyl (C=O) groups is 1. The molecule has 1 aromatic carbocycles. The molecule has 0 radical (unpaired) electrons. The number of hydrogen-bond acceptors (Lipinski definition) is 5. The summed E-state index contributed by atoms with van der Waals surface area (Å²) in [5.41, 5.74) is -0.758. The smallest absolute Gasteiger partial charge is 0.324 e. The van der Waals surface area contributed by atoms with Crippen LogP contribution in [0.5, 0.6) is 0 Å². The quantitative estimate of drug-likeness (QED) is 0.756. The van der Waals surface area contributed by atoms with E-state index >= 15 is 0 Å². The molecule has 2 amide bonds. The first-order chi connectivity index (χ1) is 13.6. The Hall–Kier alpha value is -2.01. The summed E-state index contributed by atoms with van der Waals surface area (Å²) in [6.45, 7) is 4.75. The van der Waals surface area contributed by atoms with Crippen LogP contribution in [0.15, 0.2) is 35.4 Å². The van der Waals surface area contributed by atoms with Crippen LogP contribution in [0, 0.1) is 5.92 Å². The summed E-state index contributed by atoms with van der Waals surface area (Å²) in [5.74, 6) is 0.0692. The molecule has 0 spiro atoms. The summed E-state index contributed by atoms with van der Waals surface area (Å²) in [5, 5.41) is 6.98. The topological polar surface area (TPSA) is 75.2 Å². The van der Waals surface area contributed by atoms with E-state index in [4.69, 9.17) is 0 Å². The summed E-state index contributed by atoms with van der Waals surface area (Å²) >= 11 is 1.09. The van der Waals surface area contributed by atoms with E-state index in [9.17, 15) is 22.2 Å². The van der Waals surface area contributed by atoms with Gasteiger partial charge in [-0.1, -0.05) is 4.49 Å². The molecule has 6 nitrogen and oxygen atoms in total. The number of aromatic nitrogens is 2. The lowest BCUT2D eigenvalue weighted by Crippen LogP contribution is -2.47. The van der Waals surface area contributed by atoms with Gasteiger partial charge in [0.15, 0.2) is 0 Å². The van der Waals surface area contributed by atoms with Gasteiger partial charge >= 0.3 is 12.2 Å². The molecule has 1 N–H and O–H groups in total. The lowest BCUT2D eigenvalue weighted by atomic mass is 9.86. The predicted molar refractivity (Wildman–Crippen MR) is 105 cm³/mol. The van der Waals surface area contributed by atoms with Crippen molar-refractivity contribution in [3.63, 3.8) is 0 Å². The van der Waals surface area contributed by atoms with Crippen LogP contribution in [0.1, 0.15) is 32.3 Å². The molecule has 1 aromatic heterocycles. The highest BCUT2D eigenvalue weighted by atomic mass is 32.2. The van der Waals surface area contributed by atoms with Gasteiger partial charge in [0.25, 0.3) is 0 Å². The first kappa shape index (κ1) is 21.7. The van der Waals surface area contributed by atoms with Crippen molar-refractivity contribution < 1.29 is 22.2 Å². The second kappa shape index (κ2) is 8.39. The van der Waals surface area contributed by atoms with Gasteiger partial charge in [-0.05, 0) is 56.9 Å². The van der Waals surface area contributed by atoms with Crippen molar-refractivity contribution in [2.24, 2.45) is 5.92 Å². The minimum Gasteiger partial charge on any atom is -0.324 e. The second-order valence-corrected chi connectivity index (χ2v) is 10.2. The van der Waals surface area contributed by atoms with Gasteiger partial charge < -0.3 is 4.90 Å². The Morgan fingerprint density at radius 1 is 1.21 bits per heavy atom. The number of urea groups is 1. The minimum absolute atomic E-state index is 0.0692. The number of nitrogens with zero attached hydrogens (tertiary/aromatic N) is 3. The highest BCUT2D eigenvalue weighted by Crippen LogP contribution is 2.36. The number of piperidine rings is 1. The zero-order chi connectivity index (χ0) is 21.2. The second-order valence-electron chi connectivity index (χ2n) is 7.37. The SMILES string of the molecule is CC(C)(C1CCN(C(=O)Nc2cnns2)CC1)S(=O)c1ccc(C(F)(F)F)cc1. The Bertz CT molecular complexity index is 862. The van der Waals surface area contributed by atoms with Crippen molar-refractivity contribution in [2.75, 3.05) is 18.4 Å². The number of benzene rings is 1. The highest BCUT2D eigenvalue weighted by Gasteiger charge is 2.39. The maximum Gasteiger partial charge on any atom is 0.416 e. The summed E-state index contributed by atoms with van der Waals surface area (Å²) in [4.78, 5) is 14.4. The Kier molecular flexibility index (Phi) is 6.27. The fourth-order valence-electron chi connectivity index (χ4n) is 3.41. The normalized spacial score (nSPS) is 17.2. The summed E-state index contributed by atoms with van der Waals surface area (Å²) in [6, 6.07) is 4.27. The van der Waals surface area contributed by atoms with E-state index in [1.54, 1.807) is 4.90 Å². The maximum atomic E-state index is 13.1. The van der Waals surface area contributed by atoms with Crippen LogP contribution < -0.4 is 5.32 Å². The van der Waals surface area contributed by atoms with Crippen molar-refractivity contribution in [2.45, 2.75) is 42.5 Å². The summed E-state index contributed by atoms with van der Waals surface area (Å²) in [7, 11) is -1.48. The standard InChI is InChI=1S/C18H21F3N4O2S2/c1-17(2,29(27)14-5-3-13(4-6-14)18(19,20)21)12-7-9-25(10-8-12)16(26)23-15-11-22-24-28-15/h3-6,11-12H,7-10H2,1-2H3,(H,23,26). The van der Waals surface area contributed by atoms with Gasteiger partial charge in [0, 0.05) is 34.3 Å². The van der Waals surface area contributed by atoms with Crippen LogP contribution in [0.25, 0.3) is 0 Å². The molecule has 0 saturated carbocycles. The number of nitrogens with one attached hydrogen (secondary N) is 1. The molecule has 1 fully saturated rings. The summed E-state index contributed by atoms with van der Waals surface area (Å²) in [6.07, 6.45) is -1.62. The number of halogens is 3. The van der Waals surface area contributed by atoms with Crippen molar-refractivity contribution in [3.8, 4) is 0 Å². The molecule has 0 bridgehead atoms. The molecule has 0 aliphatic carbocycles. The van der Waals surface area contributed by atoms with E-state index in [1.165, 1.54) is 18.3 Å². The van der Waals surface area contributed by atoms with Crippen LogP contribution in [0.4, 0.5) is 23.0 Å². The van der Waals surface area contributed by atoms with Crippen LogP contribution in [0.3, 0.4) is 0 Å². The lowest BCUT2D eigenvalue weighted by Gasteiger charge is -2.40. The molecule has 1 saturated heterocycles. The van der Waals surface area contributed by atoms with Gasteiger partial charge in [0.05, 0.1) is 22.6 Å². The Labute approximate surface area is 173 Å². The molecular weight excluding hydrogens is 425 g/mol. The number of anilines is 1. The van der Waals surface area contributed by atoms with Gasteiger partial charge in [0.2, 0.25) is 0 Å². The number of carbonyl (C=O) groups excluding carboxylic acids is 1. The molecule has 3 rings (SSSR count). The molecule has 29 heavy (non-hydrogen) atoms. The molecule has 2 aromatic rings. The van der Waals surface area contributed by atoms with Gasteiger partial charge in [-0.15, -0.1) is 5.10 Å². The average molecular weight is 447 g/mol. The van der Waals surface area contributed by atoms with E-state index < -0.39 is 27.3 Å². The molecule has 1 aliphatic rings. The van der Waals surface area contributed by atoms with Crippen molar-refractivity contribution in [3.05, 3.63) is 36.0 Å². The molecular formula is C18H21F3N4O2S2. The Morgan fingerprint density at radius 3 is 2.34 bits per heavy atom. The van der Waals surface area contributed by atoms with Crippen LogP contribution in [0.2, 0.25) is 0 Å².